The van der Waals surface area contributed by atoms with Crippen molar-refractivity contribution >= 4 is 137 Å². The van der Waals surface area contributed by atoms with Crippen LogP contribution in [0.3, 0.4) is 0 Å². The number of nitrogens with zero attached hydrogens (tertiary/aromatic N) is 3. The van der Waals surface area contributed by atoms with Crippen LogP contribution >= 0.6 is 0 Å². The molecule has 0 bridgehead atoms. The van der Waals surface area contributed by atoms with Crippen molar-refractivity contribution in [2.45, 2.75) is 38.5 Å². The van der Waals surface area contributed by atoms with Gasteiger partial charge in [-0.1, -0.05) is 355 Å². The fraction of sp³-hybridized carbons (Fsp3) is 0.0625. The minimum Gasteiger partial charge on any atom is -0.311 e. The molecule has 486 valence electrons. The number of para-hydroxylation sites is 2. The zero-order valence-electron chi connectivity index (χ0n) is 57.9. The maximum atomic E-state index is 2.69. The normalized spacial score (nSPS) is 12.8. The summed E-state index contributed by atoms with van der Waals surface area (Å²) < 4.78 is 2.53. The Morgan fingerprint density at radius 1 is 0.235 bits per heavy atom. The Labute approximate surface area is 601 Å². The van der Waals surface area contributed by atoms with Gasteiger partial charge in [-0.05, 0) is 141 Å². The van der Waals surface area contributed by atoms with E-state index in [9.17, 15) is 0 Å². The molecule has 0 saturated heterocycles. The molecule has 0 saturated carbocycles. The van der Waals surface area contributed by atoms with E-state index >= 15 is 0 Å². The van der Waals surface area contributed by atoms with Gasteiger partial charge in [0.15, 0.2) is 16.1 Å². The van der Waals surface area contributed by atoms with Crippen LogP contribution in [0.25, 0.3) is 27.5 Å². The van der Waals surface area contributed by atoms with Crippen LogP contribution in [0.1, 0.15) is 49.9 Å². The molecule has 15 aromatic carbocycles. The molecule has 3 heterocycles. The number of rotatable bonds is 15. The van der Waals surface area contributed by atoms with Gasteiger partial charge in [-0.3, -0.25) is 0 Å². The molecule has 0 radical (unpaired) electrons. The van der Waals surface area contributed by atoms with Gasteiger partial charge in [-0.15, -0.1) is 0 Å². The summed E-state index contributed by atoms with van der Waals surface area (Å²) in [5.74, 6) is 0. The maximum absolute atomic E-state index is 3.15. The summed E-state index contributed by atoms with van der Waals surface area (Å²) in [4.78, 5) is 5.27. The molecule has 2 aliphatic rings. The van der Waals surface area contributed by atoms with Crippen molar-refractivity contribution in [2.75, 3.05) is 9.80 Å². The Hall–Kier alpha value is -11.8. The molecule has 0 aliphatic carbocycles. The molecule has 3 nitrogen and oxygen atoms in total. The van der Waals surface area contributed by atoms with Crippen LogP contribution in [0, 0.1) is 0 Å². The van der Waals surface area contributed by atoms with Crippen molar-refractivity contribution < 1.29 is 0 Å². The van der Waals surface area contributed by atoms with E-state index in [0.29, 0.717) is 0 Å². The van der Waals surface area contributed by atoms with E-state index < -0.39 is 16.1 Å². The van der Waals surface area contributed by atoms with Crippen LogP contribution in [-0.2, 0) is 10.8 Å². The quantitative estimate of drug-likeness (QED) is 0.0749. The molecule has 18 rings (SSSR count). The highest BCUT2D eigenvalue weighted by molar-refractivity contribution is 7.21. The first-order chi connectivity index (χ1) is 50.1. The standard InChI is InChI=1S/C96H76BN3Si2/c1-95(2,69-33-13-5-14-34-69)71-53-57-73(58-54-71)98-90-63-61-82(101(76-37-17-7-18-38-76,77-39-19-8-20-40-77)78-41-21-9-22-42-78)67-86(90)97-87-68-83(102(79-43-23-10-24-44-79,80-45-25-11-26-46-80)81-47-27-12-28-48-81)62-64-91(87)99(74-59-55-72(56-60-74)96(3,4)70-35-15-6-16-36-70)93-66-75(65-92(98)94(93)97)100-88-51-31-29-49-84(88)85-50-30-32-52-89(85)100/h5-68H,1-4H3. The molecular weight excluding hydrogens is 1260 g/mol. The molecule has 6 heteroatoms. The molecule has 0 atom stereocenters. The number of hydrogen-bond donors (Lipinski definition) is 0. The van der Waals surface area contributed by atoms with Crippen LogP contribution in [0.15, 0.2) is 388 Å². The third-order valence-corrected chi connectivity index (χ3v) is 32.2. The number of benzene rings is 15. The maximum Gasteiger partial charge on any atom is 0.252 e. The van der Waals surface area contributed by atoms with Crippen molar-refractivity contribution in [2.24, 2.45) is 0 Å². The van der Waals surface area contributed by atoms with Gasteiger partial charge in [-0.2, -0.15) is 0 Å². The van der Waals surface area contributed by atoms with Gasteiger partial charge in [-0.25, -0.2) is 0 Å². The highest BCUT2D eigenvalue weighted by atomic mass is 28.3. The predicted molar refractivity (Wildman–Crippen MR) is 439 cm³/mol. The Bertz CT molecular complexity index is 5190. The molecular formula is C96H76BN3Si2. The fourth-order valence-corrected chi connectivity index (χ4v) is 27.1. The second-order valence-electron chi connectivity index (χ2n) is 28.7. The fourth-order valence-electron chi connectivity index (χ4n) is 17.6. The zero-order chi connectivity index (χ0) is 68.6. The summed E-state index contributed by atoms with van der Waals surface area (Å²) in [6.45, 7) is 9.15. The average molecular weight is 1340 g/mol. The van der Waals surface area contributed by atoms with E-state index in [1.807, 2.05) is 0 Å². The Morgan fingerprint density at radius 3 is 0.824 bits per heavy atom. The minimum absolute atomic E-state index is 0.263. The number of fused-ring (bicyclic) bond motifs is 7. The first-order valence-corrected chi connectivity index (χ1v) is 39.8. The van der Waals surface area contributed by atoms with Gasteiger partial charge in [0.05, 0.1) is 16.7 Å². The van der Waals surface area contributed by atoms with Gasteiger partial charge in [0.2, 0.25) is 0 Å². The highest BCUT2D eigenvalue weighted by Crippen LogP contribution is 2.48. The lowest BCUT2D eigenvalue weighted by Gasteiger charge is -2.46. The SMILES string of the molecule is CC(C)(c1ccccc1)c1ccc(N2c3ccc([Si](c4ccccc4)(c4ccccc4)c4ccccc4)cc3B3c4cc([Si](c5ccccc5)(c5ccccc5)c5ccccc5)ccc4N(c4ccc(C(C)(C)c5ccccc5)cc4)c4cc(-n5c6ccccc6c6ccccc65)cc2c43)cc1. The molecule has 16 aromatic rings. The lowest BCUT2D eigenvalue weighted by Crippen LogP contribution is -2.76. The van der Waals surface area contributed by atoms with E-state index in [-0.39, 0.29) is 17.5 Å². The van der Waals surface area contributed by atoms with Crippen molar-refractivity contribution in [1.82, 2.24) is 4.57 Å². The topological polar surface area (TPSA) is 11.4 Å². The first-order valence-electron chi connectivity index (χ1n) is 35.8. The summed E-state index contributed by atoms with van der Waals surface area (Å²) in [7, 11) is -6.30. The van der Waals surface area contributed by atoms with Crippen molar-refractivity contribution in [3.63, 3.8) is 0 Å². The second kappa shape index (κ2) is 25.1. The zero-order valence-corrected chi connectivity index (χ0v) is 59.9. The molecule has 102 heavy (non-hydrogen) atoms. The van der Waals surface area contributed by atoms with E-state index in [4.69, 9.17) is 0 Å². The Balaban J connectivity index is 0.993. The number of anilines is 6. The largest absolute Gasteiger partial charge is 0.311 e. The summed E-state index contributed by atoms with van der Waals surface area (Å²) in [6, 6.07) is 148. The summed E-state index contributed by atoms with van der Waals surface area (Å²) >= 11 is 0. The second-order valence-corrected chi connectivity index (χ2v) is 36.3. The number of aromatic nitrogens is 1. The highest BCUT2D eigenvalue weighted by Gasteiger charge is 2.49. The molecule has 0 amide bonds. The molecule has 1 aromatic heterocycles. The van der Waals surface area contributed by atoms with E-state index in [0.717, 1.165) is 50.8 Å². The van der Waals surface area contributed by atoms with Gasteiger partial charge in [0.25, 0.3) is 6.71 Å². The Kier molecular flexibility index (Phi) is 15.4. The summed E-state index contributed by atoms with van der Waals surface area (Å²) in [5, 5.41) is 13.1. The van der Waals surface area contributed by atoms with E-state index in [1.54, 1.807) is 0 Å². The summed E-state index contributed by atoms with van der Waals surface area (Å²) in [5.41, 5.74) is 18.5. The van der Waals surface area contributed by atoms with Crippen molar-refractivity contribution in [3.05, 3.63) is 411 Å². The lowest BCUT2D eigenvalue weighted by molar-refractivity contribution is 0.641. The van der Waals surface area contributed by atoms with Crippen LogP contribution in [0.2, 0.25) is 0 Å². The van der Waals surface area contributed by atoms with Crippen LogP contribution < -0.4 is 67.7 Å². The molecule has 0 spiro atoms. The summed E-state index contributed by atoms with van der Waals surface area (Å²) in [6.07, 6.45) is 0. The van der Waals surface area contributed by atoms with Crippen molar-refractivity contribution in [3.8, 4) is 5.69 Å². The molecule has 0 unspecified atom stereocenters. The monoisotopic (exact) mass is 1340 g/mol. The molecule has 2 aliphatic heterocycles. The third kappa shape index (κ3) is 9.91. The van der Waals surface area contributed by atoms with Gasteiger partial charge in [0, 0.05) is 55.7 Å². The van der Waals surface area contributed by atoms with Gasteiger partial charge < -0.3 is 14.4 Å². The third-order valence-electron chi connectivity index (χ3n) is 22.7. The molecule has 0 fully saturated rings. The minimum atomic E-state index is -3.15. The smallest absolute Gasteiger partial charge is 0.252 e. The lowest BCUT2D eigenvalue weighted by atomic mass is 9.33. The number of hydrogen-bond acceptors (Lipinski definition) is 2. The first kappa shape index (κ1) is 62.5. The van der Waals surface area contributed by atoms with Crippen LogP contribution in [0.5, 0.6) is 0 Å². The molecule has 0 N–H and O–H groups in total. The average Bonchev–Trinajstić information content (AvgIpc) is 0.763. The van der Waals surface area contributed by atoms with Crippen LogP contribution in [0.4, 0.5) is 34.1 Å². The Morgan fingerprint density at radius 2 is 0.510 bits per heavy atom. The van der Waals surface area contributed by atoms with Crippen LogP contribution in [-0.4, -0.2) is 27.4 Å². The van der Waals surface area contributed by atoms with Gasteiger partial charge >= 0.3 is 0 Å². The predicted octanol–water partition coefficient (Wildman–Crippen LogP) is 16.3. The van der Waals surface area contributed by atoms with E-state index in [1.165, 1.54) is 90.9 Å². The van der Waals surface area contributed by atoms with Crippen molar-refractivity contribution in [1.29, 1.82) is 0 Å². The van der Waals surface area contributed by atoms with Gasteiger partial charge in [0.1, 0.15) is 0 Å². The van der Waals surface area contributed by atoms with E-state index in [2.05, 4.69) is 430 Å².